The van der Waals surface area contributed by atoms with E-state index in [1.165, 1.54) is 4.68 Å². The van der Waals surface area contributed by atoms with Crippen LogP contribution in [0, 0.1) is 5.92 Å². The average molecular weight is 142 g/mol. The van der Waals surface area contributed by atoms with Crippen LogP contribution >= 0.6 is 0 Å². The standard InChI is InChI=1S/C5H10N4O/c1-4(2)3-9-5(10)6-7-8-9/h4H,3H2,1-2H3,(H,6,8,10). The zero-order valence-electron chi connectivity index (χ0n) is 6.03. The number of aromatic nitrogens is 4. The van der Waals surface area contributed by atoms with Crippen molar-refractivity contribution in [3.05, 3.63) is 10.5 Å². The van der Waals surface area contributed by atoms with Crippen LogP contribution in [0.2, 0.25) is 0 Å². The molecule has 0 fully saturated rings. The van der Waals surface area contributed by atoms with E-state index >= 15 is 0 Å². The second kappa shape index (κ2) is 2.64. The molecular weight excluding hydrogens is 132 g/mol. The van der Waals surface area contributed by atoms with Crippen LogP contribution in [-0.4, -0.2) is 20.2 Å². The molecule has 0 amide bonds. The van der Waals surface area contributed by atoms with E-state index in [0.29, 0.717) is 12.5 Å². The van der Waals surface area contributed by atoms with E-state index in [1.807, 2.05) is 13.8 Å². The summed E-state index contributed by atoms with van der Waals surface area (Å²) in [6.07, 6.45) is 0. The Balaban J connectivity index is 2.75. The molecule has 0 atom stereocenters. The first kappa shape index (κ1) is 6.98. The lowest BCUT2D eigenvalue weighted by atomic mass is 10.2. The van der Waals surface area contributed by atoms with Gasteiger partial charge < -0.3 is 0 Å². The number of nitrogens with zero attached hydrogens (tertiary/aromatic N) is 3. The van der Waals surface area contributed by atoms with Crippen molar-refractivity contribution in [3.8, 4) is 0 Å². The maximum absolute atomic E-state index is 10.7. The third-order valence-electron chi connectivity index (χ3n) is 1.07. The molecule has 0 saturated heterocycles. The summed E-state index contributed by atoms with van der Waals surface area (Å²) in [5, 5.41) is 9.13. The lowest BCUT2D eigenvalue weighted by Gasteiger charge is -1.99. The van der Waals surface area contributed by atoms with E-state index in [9.17, 15) is 4.79 Å². The van der Waals surface area contributed by atoms with Crippen LogP contribution in [0.25, 0.3) is 0 Å². The Morgan fingerprint density at radius 2 is 2.40 bits per heavy atom. The van der Waals surface area contributed by atoms with Crippen molar-refractivity contribution in [3.63, 3.8) is 0 Å². The molecule has 0 spiro atoms. The molecule has 0 aliphatic heterocycles. The Labute approximate surface area is 58.0 Å². The highest BCUT2D eigenvalue weighted by Gasteiger charge is 2.00. The van der Waals surface area contributed by atoms with Gasteiger partial charge in [-0.3, -0.25) is 0 Å². The number of tetrazole rings is 1. The molecule has 1 N–H and O–H groups in total. The zero-order valence-corrected chi connectivity index (χ0v) is 6.03. The minimum atomic E-state index is -0.242. The number of H-pyrrole nitrogens is 1. The quantitative estimate of drug-likeness (QED) is 0.612. The Morgan fingerprint density at radius 3 is 2.80 bits per heavy atom. The number of aromatic amines is 1. The van der Waals surface area contributed by atoms with Gasteiger partial charge in [0.15, 0.2) is 0 Å². The summed E-state index contributed by atoms with van der Waals surface area (Å²) in [6.45, 7) is 4.65. The molecule has 56 valence electrons. The smallest absolute Gasteiger partial charge is 0.245 e. The molecule has 5 nitrogen and oxygen atoms in total. The fraction of sp³-hybridized carbons (Fsp3) is 0.800. The Hall–Kier alpha value is -1.13. The van der Waals surface area contributed by atoms with Gasteiger partial charge in [0, 0.05) is 0 Å². The van der Waals surface area contributed by atoms with E-state index in [2.05, 4.69) is 15.5 Å². The number of nitrogens with one attached hydrogen (secondary N) is 1. The molecule has 1 heterocycles. The minimum Gasteiger partial charge on any atom is -0.245 e. The van der Waals surface area contributed by atoms with E-state index in [0.717, 1.165) is 0 Å². The lowest BCUT2D eigenvalue weighted by molar-refractivity contribution is 0.462. The van der Waals surface area contributed by atoms with Crippen LogP contribution in [0.1, 0.15) is 13.8 Å². The first-order valence-corrected chi connectivity index (χ1v) is 3.18. The molecule has 1 aromatic heterocycles. The molecule has 0 saturated carbocycles. The first-order valence-electron chi connectivity index (χ1n) is 3.18. The van der Waals surface area contributed by atoms with Crippen LogP contribution in [0.5, 0.6) is 0 Å². The van der Waals surface area contributed by atoms with E-state index in [4.69, 9.17) is 0 Å². The van der Waals surface area contributed by atoms with Gasteiger partial charge in [-0.1, -0.05) is 13.8 Å². The number of hydrogen-bond donors (Lipinski definition) is 1. The Kier molecular flexibility index (Phi) is 1.84. The molecule has 1 rings (SSSR count). The summed E-state index contributed by atoms with van der Waals surface area (Å²) in [4.78, 5) is 10.7. The van der Waals surface area contributed by atoms with E-state index < -0.39 is 0 Å². The summed E-state index contributed by atoms with van der Waals surface area (Å²) >= 11 is 0. The highest BCUT2D eigenvalue weighted by Crippen LogP contribution is 1.91. The predicted octanol–water partition coefficient (Wildman–Crippen LogP) is -0.378. The van der Waals surface area contributed by atoms with E-state index in [1.54, 1.807) is 0 Å². The van der Waals surface area contributed by atoms with Gasteiger partial charge in [-0.15, -0.1) is 0 Å². The predicted molar refractivity (Wildman–Crippen MR) is 35.5 cm³/mol. The summed E-state index contributed by atoms with van der Waals surface area (Å²) in [5.74, 6) is 0.419. The van der Waals surface area contributed by atoms with Crippen molar-refractivity contribution >= 4 is 0 Å². The third-order valence-corrected chi connectivity index (χ3v) is 1.07. The monoisotopic (exact) mass is 142 g/mol. The fourth-order valence-electron chi connectivity index (χ4n) is 0.683. The topological polar surface area (TPSA) is 63.6 Å². The molecule has 0 radical (unpaired) electrons. The van der Waals surface area contributed by atoms with Crippen molar-refractivity contribution in [2.45, 2.75) is 20.4 Å². The average Bonchev–Trinajstić information content (AvgIpc) is 2.15. The van der Waals surface area contributed by atoms with Crippen molar-refractivity contribution in [2.75, 3.05) is 0 Å². The fourth-order valence-corrected chi connectivity index (χ4v) is 0.683. The van der Waals surface area contributed by atoms with Gasteiger partial charge in [-0.05, 0) is 16.3 Å². The maximum atomic E-state index is 10.7. The van der Waals surface area contributed by atoms with Crippen molar-refractivity contribution in [1.82, 2.24) is 20.2 Å². The summed E-state index contributed by atoms with van der Waals surface area (Å²) in [5.41, 5.74) is -0.242. The third kappa shape index (κ3) is 1.43. The summed E-state index contributed by atoms with van der Waals surface area (Å²) in [6, 6.07) is 0. The second-order valence-corrected chi connectivity index (χ2v) is 2.58. The van der Waals surface area contributed by atoms with Crippen LogP contribution in [-0.2, 0) is 6.54 Å². The van der Waals surface area contributed by atoms with Gasteiger partial charge >= 0.3 is 5.69 Å². The van der Waals surface area contributed by atoms with E-state index in [-0.39, 0.29) is 5.69 Å². The van der Waals surface area contributed by atoms with Gasteiger partial charge in [-0.25, -0.2) is 9.89 Å². The molecule has 1 aromatic rings. The molecule has 5 heteroatoms. The largest absolute Gasteiger partial charge is 0.361 e. The highest BCUT2D eigenvalue weighted by atomic mass is 16.2. The molecule has 0 aliphatic carbocycles. The van der Waals surface area contributed by atoms with Crippen LogP contribution in [0.3, 0.4) is 0 Å². The molecule has 0 aromatic carbocycles. The Bertz CT molecular complexity index is 248. The van der Waals surface area contributed by atoms with Gasteiger partial charge in [0.1, 0.15) is 0 Å². The van der Waals surface area contributed by atoms with Gasteiger partial charge in [0.25, 0.3) is 0 Å². The summed E-state index contributed by atoms with van der Waals surface area (Å²) in [7, 11) is 0. The highest BCUT2D eigenvalue weighted by molar-refractivity contribution is 4.52. The van der Waals surface area contributed by atoms with Gasteiger partial charge in [-0.2, -0.15) is 4.68 Å². The molecule has 0 unspecified atom stereocenters. The normalized spacial score (nSPS) is 10.7. The maximum Gasteiger partial charge on any atom is 0.361 e. The molecule has 0 aliphatic rings. The van der Waals surface area contributed by atoms with Crippen LogP contribution in [0.4, 0.5) is 0 Å². The van der Waals surface area contributed by atoms with Crippen molar-refractivity contribution < 1.29 is 0 Å². The van der Waals surface area contributed by atoms with Crippen molar-refractivity contribution in [2.24, 2.45) is 5.92 Å². The van der Waals surface area contributed by atoms with Crippen LogP contribution in [0.15, 0.2) is 4.79 Å². The molecule has 10 heavy (non-hydrogen) atoms. The van der Waals surface area contributed by atoms with Crippen LogP contribution < -0.4 is 5.69 Å². The SMILES string of the molecule is CC(C)Cn1nn[nH]c1=O. The zero-order chi connectivity index (χ0) is 7.56. The lowest BCUT2D eigenvalue weighted by Crippen LogP contribution is -2.20. The second-order valence-electron chi connectivity index (χ2n) is 2.58. The Morgan fingerprint density at radius 1 is 1.70 bits per heavy atom. The molecular formula is C5H10N4O. The van der Waals surface area contributed by atoms with Crippen molar-refractivity contribution in [1.29, 1.82) is 0 Å². The minimum absolute atomic E-state index is 0.242. The first-order chi connectivity index (χ1) is 4.70. The number of rotatable bonds is 2. The summed E-state index contributed by atoms with van der Waals surface area (Å²) < 4.78 is 1.31. The molecule has 0 bridgehead atoms. The van der Waals surface area contributed by atoms with Gasteiger partial charge in [0.05, 0.1) is 6.54 Å². The van der Waals surface area contributed by atoms with Gasteiger partial charge in [0.2, 0.25) is 0 Å². The number of hydrogen-bond acceptors (Lipinski definition) is 3.